The van der Waals surface area contributed by atoms with Crippen LogP contribution < -0.4 is 10.6 Å². The van der Waals surface area contributed by atoms with Crippen LogP contribution in [0.2, 0.25) is 0 Å². The largest absolute Gasteiger partial charge is 0.394 e. The third-order valence-corrected chi connectivity index (χ3v) is 2.77. The number of nitrogens with zero attached hydrogens (tertiary/aromatic N) is 3. The summed E-state index contributed by atoms with van der Waals surface area (Å²) in [6, 6.07) is 0.344. The van der Waals surface area contributed by atoms with Crippen molar-refractivity contribution in [2.24, 2.45) is 0 Å². The van der Waals surface area contributed by atoms with E-state index in [4.69, 9.17) is 5.73 Å². The highest BCUT2D eigenvalue weighted by Gasteiger charge is 2.18. The first kappa shape index (κ1) is 12.9. The quantitative estimate of drug-likeness (QED) is 0.836. The highest BCUT2D eigenvalue weighted by Crippen LogP contribution is 2.29. The Balaban J connectivity index is 3.17. The average Bonchev–Trinajstić information content (AvgIpc) is 2.53. The summed E-state index contributed by atoms with van der Waals surface area (Å²) in [5.74, 6) is 1.08. The maximum Gasteiger partial charge on any atom is 0.150 e. The van der Waals surface area contributed by atoms with Crippen LogP contribution in [-0.4, -0.2) is 22.9 Å². The van der Waals surface area contributed by atoms with E-state index >= 15 is 0 Å². The number of nitrogen functional groups attached to an aromatic ring is 1. The summed E-state index contributed by atoms with van der Waals surface area (Å²) < 4.78 is 2.03. The van der Waals surface area contributed by atoms with Crippen LogP contribution >= 0.6 is 0 Å². The molecule has 1 rings (SSSR count). The fraction of sp³-hybridized carbons (Fsp3) is 0.750. The van der Waals surface area contributed by atoms with Crippen molar-refractivity contribution in [3.05, 3.63) is 5.69 Å². The van der Waals surface area contributed by atoms with Gasteiger partial charge in [0.15, 0.2) is 5.82 Å². The van der Waals surface area contributed by atoms with Gasteiger partial charge in [-0.2, -0.15) is 5.10 Å². The minimum absolute atomic E-state index is 0.344. The molecule has 0 fully saturated rings. The molecule has 2 N–H and O–H groups in total. The Hall–Kier alpha value is -1.19. The molecule has 1 heterocycles. The summed E-state index contributed by atoms with van der Waals surface area (Å²) in [6.07, 6.45) is 1.12. The Morgan fingerprint density at radius 3 is 2.44 bits per heavy atom. The number of aryl methyl sites for hydroxylation is 1. The lowest BCUT2D eigenvalue weighted by Gasteiger charge is -2.25. The molecule has 4 nitrogen and oxygen atoms in total. The van der Waals surface area contributed by atoms with Gasteiger partial charge in [0.1, 0.15) is 0 Å². The molecule has 0 spiro atoms. The summed E-state index contributed by atoms with van der Waals surface area (Å²) >= 11 is 0. The molecule has 4 heteroatoms. The van der Waals surface area contributed by atoms with Gasteiger partial charge in [0.05, 0.1) is 11.4 Å². The minimum atomic E-state index is 0.344. The van der Waals surface area contributed by atoms with E-state index < -0.39 is 0 Å². The van der Waals surface area contributed by atoms with E-state index in [-0.39, 0.29) is 0 Å². The second kappa shape index (κ2) is 5.23. The molecule has 0 bridgehead atoms. The summed E-state index contributed by atoms with van der Waals surface area (Å²) in [6.45, 7) is 12.6. The Labute approximate surface area is 98.4 Å². The van der Waals surface area contributed by atoms with Gasteiger partial charge >= 0.3 is 0 Å². The minimum Gasteiger partial charge on any atom is -0.394 e. The van der Waals surface area contributed by atoms with Crippen molar-refractivity contribution in [3.8, 4) is 0 Å². The van der Waals surface area contributed by atoms with E-state index in [1.165, 1.54) is 0 Å². The van der Waals surface area contributed by atoms with Crippen LogP contribution in [0.3, 0.4) is 0 Å². The molecule has 0 aliphatic heterocycles. The lowest BCUT2D eigenvalue weighted by atomic mass is 10.3. The molecule has 16 heavy (non-hydrogen) atoms. The van der Waals surface area contributed by atoms with Gasteiger partial charge in [-0.15, -0.1) is 0 Å². The normalized spacial score (nSPS) is 11.1. The second-order valence-electron chi connectivity index (χ2n) is 4.44. The van der Waals surface area contributed by atoms with E-state index in [2.05, 4.69) is 37.7 Å². The molecule has 0 aromatic carbocycles. The first-order valence-electron chi connectivity index (χ1n) is 6.12. The molecule has 0 amide bonds. The Bertz CT molecular complexity index is 341. The second-order valence-corrected chi connectivity index (χ2v) is 4.44. The van der Waals surface area contributed by atoms with E-state index in [9.17, 15) is 0 Å². The van der Waals surface area contributed by atoms with Crippen molar-refractivity contribution in [2.45, 2.75) is 47.1 Å². The van der Waals surface area contributed by atoms with Crippen molar-refractivity contribution in [3.63, 3.8) is 0 Å². The number of aromatic nitrogens is 2. The molecule has 0 unspecified atom stereocenters. The van der Waals surface area contributed by atoms with E-state index in [0.29, 0.717) is 6.04 Å². The predicted molar refractivity (Wildman–Crippen MR) is 69.9 cm³/mol. The zero-order chi connectivity index (χ0) is 12.3. The average molecular weight is 224 g/mol. The van der Waals surface area contributed by atoms with Crippen molar-refractivity contribution in [1.82, 2.24) is 9.78 Å². The lowest BCUT2D eigenvalue weighted by Crippen LogP contribution is -2.27. The molecular formula is C12H24N4. The number of hydrogen-bond acceptors (Lipinski definition) is 3. The molecule has 0 saturated heterocycles. The number of hydrogen-bond donors (Lipinski definition) is 1. The molecule has 0 saturated carbocycles. The zero-order valence-corrected chi connectivity index (χ0v) is 11.1. The van der Waals surface area contributed by atoms with Crippen LogP contribution in [0.1, 0.15) is 45.9 Å². The molecule has 92 valence electrons. The first-order valence-corrected chi connectivity index (χ1v) is 6.12. The first-order chi connectivity index (χ1) is 7.52. The van der Waals surface area contributed by atoms with Crippen LogP contribution in [-0.2, 0) is 0 Å². The topological polar surface area (TPSA) is 47.1 Å². The van der Waals surface area contributed by atoms with Crippen molar-refractivity contribution in [2.75, 3.05) is 23.7 Å². The summed E-state index contributed by atoms with van der Waals surface area (Å²) in [7, 11) is 0. The van der Waals surface area contributed by atoms with Crippen LogP contribution in [0.25, 0.3) is 0 Å². The standard InChI is InChI=1S/C12H24N4/c1-6-8-15(7-2)12-11(13)10(5)14-16(12)9(3)4/h9H,6-8,13H2,1-5H3. The molecule has 0 radical (unpaired) electrons. The van der Waals surface area contributed by atoms with Gasteiger partial charge < -0.3 is 10.6 Å². The van der Waals surface area contributed by atoms with Crippen molar-refractivity contribution >= 4 is 11.5 Å². The number of rotatable bonds is 5. The van der Waals surface area contributed by atoms with Crippen LogP contribution in [0.5, 0.6) is 0 Å². The van der Waals surface area contributed by atoms with Gasteiger partial charge in [-0.25, -0.2) is 4.68 Å². The third-order valence-electron chi connectivity index (χ3n) is 2.77. The van der Waals surface area contributed by atoms with Crippen molar-refractivity contribution < 1.29 is 0 Å². The summed E-state index contributed by atoms with van der Waals surface area (Å²) in [5.41, 5.74) is 7.88. The molecule has 0 aliphatic carbocycles. The lowest BCUT2D eigenvalue weighted by molar-refractivity contribution is 0.522. The molecule has 1 aromatic heterocycles. The number of anilines is 2. The highest BCUT2D eigenvalue weighted by molar-refractivity contribution is 5.66. The fourth-order valence-electron chi connectivity index (χ4n) is 1.91. The zero-order valence-electron chi connectivity index (χ0n) is 11.1. The van der Waals surface area contributed by atoms with E-state index in [1.807, 2.05) is 11.6 Å². The van der Waals surface area contributed by atoms with Gasteiger partial charge in [0, 0.05) is 19.1 Å². The van der Waals surface area contributed by atoms with Gasteiger partial charge in [-0.3, -0.25) is 0 Å². The van der Waals surface area contributed by atoms with Crippen molar-refractivity contribution in [1.29, 1.82) is 0 Å². The van der Waals surface area contributed by atoms with Crippen LogP contribution in [0.4, 0.5) is 11.5 Å². The SMILES string of the molecule is CCCN(CC)c1c(N)c(C)nn1C(C)C. The van der Waals surface area contributed by atoms with Gasteiger partial charge in [0.25, 0.3) is 0 Å². The fourth-order valence-corrected chi connectivity index (χ4v) is 1.91. The van der Waals surface area contributed by atoms with Gasteiger partial charge in [-0.05, 0) is 34.1 Å². The maximum atomic E-state index is 6.12. The van der Waals surface area contributed by atoms with Gasteiger partial charge in [-0.1, -0.05) is 6.92 Å². The van der Waals surface area contributed by atoms with Crippen LogP contribution in [0, 0.1) is 6.92 Å². The highest BCUT2D eigenvalue weighted by atomic mass is 15.4. The Morgan fingerprint density at radius 1 is 1.38 bits per heavy atom. The Kier molecular flexibility index (Phi) is 4.21. The monoisotopic (exact) mass is 224 g/mol. The molecule has 0 aliphatic rings. The molecule has 0 atom stereocenters. The van der Waals surface area contributed by atoms with E-state index in [1.54, 1.807) is 0 Å². The molecule has 1 aromatic rings. The molecular weight excluding hydrogens is 200 g/mol. The third kappa shape index (κ3) is 2.31. The summed E-state index contributed by atoms with van der Waals surface area (Å²) in [4.78, 5) is 2.30. The Morgan fingerprint density at radius 2 is 2.00 bits per heavy atom. The number of nitrogens with two attached hydrogens (primary N) is 1. The van der Waals surface area contributed by atoms with Gasteiger partial charge in [0.2, 0.25) is 0 Å². The predicted octanol–water partition coefficient (Wildman–Crippen LogP) is 2.59. The summed E-state index contributed by atoms with van der Waals surface area (Å²) in [5, 5.41) is 4.51. The smallest absolute Gasteiger partial charge is 0.150 e. The van der Waals surface area contributed by atoms with Crippen LogP contribution in [0.15, 0.2) is 0 Å². The van der Waals surface area contributed by atoms with E-state index in [0.717, 1.165) is 36.7 Å². The maximum absolute atomic E-state index is 6.12.